The molecule has 0 unspecified atom stereocenters. The lowest BCUT2D eigenvalue weighted by atomic mass is 10.1. The highest BCUT2D eigenvalue weighted by atomic mass is 16.5. The summed E-state index contributed by atoms with van der Waals surface area (Å²) < 4.78 is 16.4. The van der Waals surface area contributed by atoms with Crippen LogP contribution in [0.15, 0.2) is 16.7 Å². The molecule has 0 bridgehead atoms. The Hall–Kier alpha value is -2.08. The second kappa shape index (κ2) is 4.89. The Morgan fingerprint density at radius 3 is 2.89 bits per heavy atom. The van der Waals surface area contributed by atoms with Crippen molar-refractivity contribution in [1.82, 2.24) is 10.1 Å². The first-order valence-electron chi connectivity index (χ1n) is 6.21. The van der Waals surface area contributed by atoms with E-state index in [4.69, 9.17) is 19.7 Å². The van der Waals surface area contributed by atoms with Crippen LogP contribution in [0.1, 0.15) is 17.9 Å². The van der Waals surface area contributed by atoms with Gasteiger partial charge in [0.2, 0.25) is 11.7 Å². The average Bonchev–Trinajstić information content (AvgIpc) is 2.77. The number of hydrogen-bond donors (Lipinski definition) is 1. The van der Waals surface area contributed by atoms with E-state index in [0.717, 1.165) is 29.0 Å². The fraction of sp³-hybridized carbons (Fsp3) is 0.385. The summed E-state index contributed by atoms with van der Waals surface area (Å²) >= 11 is 0. The Kier molecular flexibility index (Phi) is 3.08. The molecule has 6 heteroatoms. The largest absolute Gasteiger partial charge is 0.490 e. The van der Waals surface area contributed by atoms with Crippen molar-refractivity contribution in [2.45, 2.75) is 19.9 Å². The van der Waals surface area contributed by atoms with Crippen LogP contribution in [0.4, 0.5) is 0 Å². The first-order valence-corrected chi connectivity index (χ1v) is 6.21. The van der Waals surface area contributed by atoms with Crippen LogP contribution < -0.4 is 15.2 Å². The van der Waals surface area contributed by atoms with E-state index in [9.17, 15) is 0 Å². The molecule has 1 aliphatic heterocycles. The van der Waals surface area contributed by atoms with Gasteiger partial charge in [-0.2, -0.15) is 4.98 Å². The molecule has 3 rings (SSSR count). The highest BCUT2D eigenvalue weighted by molar-refractivity contribution is 5.63. The summed E-state index contributed by atoms with van der Waals surface area (Å²) in [6, 6.07) is 3.83. The van der Waals surface area contributed by atoms with Crippen molar-refractivity contribution in [3.05, 3.63) is 23.6 Å². The number of hydrogen-bond acceptors (Lipinski definition) is 6. The second-order valence-corrected chi connectivity index (χ2v) is 4.39. The van der Waals surface area contributed by atoms with Crippen molar-refractivity contribution in [1.29, 1.82) is 0 Å². The van der Waals surface area contributed by atoms with E-state index in [1.165, 1.54) is 0 Å². The number of benzene rings is 1. The van der Waals surface area contributed by atoms with E-state index >= 15 is 0 Å². The molecular formula is C13H15N3O3. The van der Waals surface area contributed by atoms with Crippen molar-refractivity contribution >= 4 is 0 Å². The number of aryl methyl sites for hydroxylation is 1. The molecule has 0 fully saturated rings. The Bertz CT molecular complexity index is 595. The SMILES string of the molecule is Cc1cc(-c2noc(CN)n2)cc2c1OCCCO2. The van der Waals surface area contributed by atoms with E-state index < -0.39 is 0 Å². The molecule has 6 nitrogen and oxygen atoms in total. The first kappa shape index (κ1) is 12.0. The summed E-state index contributed by atoms with van der Waals surface area (Å²) in [4.78, 5) is 4.21. The maximum absolute atomic E-state index is 5.69. The fourth-order valence-electron chi connectivity index (χ4n) is 2.03. The van der Waals surface area contributed by atoms with E-state index in [1.54, 1.807) is 0 Å². The lowest BCUT2D eigenvalue weighted by molar-refractivity contribution is 0.296. The van der Waals surface area contributed by atoms with Crippen LogP contribution in [0.3, 0.4) is 0 Å². The third kappa shape index (κ3) is 2.26. The summed E-state index contributed by atoms with van der Waals surface area (Å²) in [5.41, 5.74) is 7.29. The van der Waals surface area contributed by atoms with E-state index in [0.29, 0.717) is 24.9 Å². The molecule has 1 aromatic carbocycles. The Balaban J connectivity index is 2.03. The van der Waals surface area contributed by atoms with Crippen molar-refractivity contribution in [2.24, 2.45) is 5.73 Å². The third-order valence-corrected chi connectivity index (χ3v) is 2.93. The molecule has 0 spiro atoms. The van der Waals surface area contributed by atoms with Gasteiger partial charge in [0.15, 0.2) is 11.5 Å². The van der Waals surface area contributed by atoms with Crippen molar-refractivity contribution in [2.75, 3.05) is 13.2 Å². The predicted octanol–water partition coefficient (Wildman–Crippen LogP) is 1.67. The molecule has 0 atom stereocenters. The summed E-state index contributed by atoms with van der Waals surface area (Å²) in [5.74, 6) is 2.45. The van der Waals surface area contributed by atoms with Gasteiger partial charge in [-0.05, 0) is 24.6 Å². The smallest absolute Gasteiger partial charge is 0.240 e. The van der Waals surface area contributed by atoms with Crippen LogP contribution in [0.5, 0.6) is 11.5 Å². The molecule has 0 saturated carbocycles. The van der Waals surface area contributed by atoms with Gasteiger partial charge in [0.25, 0.3) is 0 Å². The van der Waals surface area contributed by atoms with Crippen LogP contribution >= 0.6 is 0 Å². The molecule has 1 aliphatic rings. The molecule has 2 aromatic rings. The number of fused-ring (bicyclic) bond motifs is 1. The third-order valence-electron chi connectivity index (χ3n) is 2.93. The van der Waals surface area contributed by atoms with E-state index in [-0.39, 0.29) is 6.54 Å². The summed E-state index contributed by atoms with van der Waals surface area (Å²) in [7, 11) is 0. The lowest BCUT2D eigenvalue weighted by Crippen LogP contribution is -1.97. The van der Waals surface area contributed by atoms with Crippen LogP contribution in [-0.2, 0) is 6.54 Å². The van der Waals surface area contributed by atoms with Gasteiger partial charge in [-0.1, -0.05) is 5.16 Å². The van der Waals surface area contributed by atoms with E-state index in [2.05, 4.69) is 10.1 Å². The Morgan fingerprint density at radius 1 is 1.26 bits per heavy atom. The van der Waals surface area contributed by atoms with Gasteiger partial charge < -0.3 is 19.7 Å². The number of ether oxygens (including phenoxy) is 2. The molecule has 0 saturated heterocycles. The fourth-order valence-corrected chi connectivity index (χ4v) is 2.03. The maximum atomic E-state index is 5.69. The molecule has 0 aliphatic carbocycles. The highest BCUT2D eigenvalue weighted by Gasteiger charge is 2.17. The Morgan fingerprint density at radius 2 is 2.11 bits per heavy atom. The molecule has 2 heterocycles. The zero-order valence-corrected chi connectivity index (χ0v) is 10.7. The summed E-state index contributed by atoms with van der Waals surface area (Å²) in [6.07, 6.45) is 0.878. The quantitative estimate of drug-likeness (QED) is 0.885. The maximum Gasteiger partial charge on any atom is 0.240 e. The monoisotopic (exact) mass is 261 g/mol. The van der Waals surface area contributed by atoms with Crippen LogP contribution in [0, 0.1) is 6.92 Å². The minimum Gasteiger partial charge on any atom is -0.490 e. The zero-order valence-electron chi connectivity index (χ0n) is 10.7. The molecule has 0 amide bonds. The van der Waals surface area contributed by atoms with Gasteiger partial charge in [0.05, 0.1) is 19.8 Å². The minimum absolute atomic E-state index is 0.233. The topological polar surface area (TPSA) is 83.4 Å². The number of aromatic nitrogens is 2. The number of nitrogens with zero attached hydrogens (tertiary/aromatic N) is 2. The summed E-state index contributed by atoms with van der Waals surface area (Å²) in [5, 5.41) is 3.91. The molecule has 2 N–H and O–H groups in total. The first-order chi connectivity index (χ1) is 9.28. The van der Waals surface area contributed by atoms with Crippen LogP contribution in [0.2, 0.25) is 0 Å². The molecule has 0 radical (unpaired) electrons. The number of nitrogens with two attached hydrogens (primary N) is 1. The highest BCUT2D eigenvalue weighted by Crippen LogP contribution is 2.36. The molecule has 100 valence electrons. The van der Waals surface area contributed by atoms with Gasteiger partial charge in [-0.3, -0.25) is 0 Å². The Labute approximate surface area is 110 Å². The average molecular weight is 261 g/mol. The van der Waals surface area contributed by atoms with Crippen molar-refractivity contribution < 1.29 is 14.0 Å². The second-order valence-electron chi connectivity index (χ2n) is 4.39. The van der Waals surface area contributed by atoms with Crippen LogP contribution in [-0.4, -0.2) is 23.4 Å². The van der Waals surface area contributed by atoms with Crippen molar-refractivity contribution in [3.63, 3.8) is 0 Å². The molecule has 19 heavy (non-hydrogen) atoms. The zero-order chi connectivity index (χ0) is 13.2. The van der Waals surface area contributed by atoms with Gasteiger partial charge >= 0.3 is 0 Å². The van der Waals surface area contributed by atoms with Gasteiger partial charge in [-0.15, -0.1) is 0 Å². The van der Waals surface area contributed by atoms with Crippen molar-refractivity contribution in [3.8, 4) is 22.9 Å². The predicted molar refractivity (Wildman–Crippen MR) is 68.0 cm³/mol. The molecular weight excluding hydrogens is 246 g/mol. The van der Waals surface area contributed by atoms with Gasteiger partial charge in [-0.25, -0.2) is 0 Å². The minimum atomic E-state index is 0.233. The van der Waals surface area contributed by atoms with Gasteiger partial charge in [0.1, 0.15) is 0 Å². The molecule has 1 aromatic heterocycles. The normalized spacial score (nSPS) is 14.2. The van der Waals surface area contributed by atoms with Crippen LogP contribution in [0.25, 0.3) is 11.4 Å². The standard InChI is InChI=1S/C13H15N3O3/c1-8-5-9(13-15-11(7-14)19-16-13)6-10-12(8)18-4-2-3-17-10/h5-6H,2-4,7,14H2,1H3. The lowest BCUT2D eigenvalue weighted by Gasteiger charge is -2.11. The van der Waals surface area contributed by atoms with E-state index in [1.807, 2.05) is 19.1 Å². The van der Waals surface area contributed by atoms with Gasteiger partial charge in [0, 0.05) is 12.0 Å². The number of rotatable bonds is 2. The summed E-state index contributed by atoms with van der Waals surface area (Å²) in [6.45, 7) is 3.53.